The monoisotopic (exact) mass is 224 g/mol. The number of aliphatic hydroxyl groups excluding tert-OH is 1. The van der Waals surface area contributed by atoms with Gasteiger partial charge in [0.1, 0.15) is 5.82 Å². The van der Waals surface area contributed by atoms with Crippen LogP contribution in [0, 0.1) is 6.92 Å². The third-order valence-corrected chi connectivity index (χ3v) is 2.07. The van der Waals surface area contributed by atoms with E-state index in [4.69, 9.17) is 0 Å². The number of nitrogens with one attached hydrogen (secondary N) is 2. The van der Waals surface area contributed by atoms with Crippen LogP contribution in [0.4, 0.5) is 11.8 Å². The van der Waals surface area contributed by atoms with Crippen molar-refractivity contribution in [3.05, 3.63) is 11.8 Å². The fourth-order valence-corrected chi connectivity index (χ4v) is 1.19. The quantitative estimate of drug-likeness (QED) is 0.681. The Morgan fingerprint density at radius 2 is 2.19 bits per heavy atom. The maximum Gasteiger partial charge on any atom is 0.224 e. The number of hydrogen-bond donors (Lipinski definition) is 3. The van der Waals surface area contributed by atoms with Gasteiger partial charge in [0.05, 0.1) is 6.10 Å². The zero-order chi connectivity index (χ0) is 12.0. The summed E-state index contributed by atoms with van der Waals surface area (Å²) in [6.07, 6.45) is 2.42. The lowest BCUT2D eigenvalue weighted by atomic mass is 10.3. The van der Waals surface area contributed by atoms with Crippen LogP contribution in [0.15, 0.2) is 6.20 Å². The van der Waals surface area contributed by atoms with Crippen LogP contribution in [0.25, 0.3) is 0 Å². The summed E-state index contributed by atoms with van der Waals surface area (Å²) in [6.45, 7) is 7.12. The molecule has 1 atom stereocenters. The first kappa shape index (κ1) is 12.7. The van der Waals surface area contributed by atoms with Gasteiger partial charge in [-0.1, -0.05) is 6.92 Å². The Hall–Kier alpha value is -1.36. The first-order valence-electron chi connectivity index (χ1n) is 5.63. The lowest BCUT2D eigenvalue weighted by Crippen LogP contribution is -2.17. The molecule has 0 saturated carbocycles. The minimum absolute atomic E-state index is 0.388. The van der Waals surface area contributed by atoms with Gasteiger partial charge < -0.3 is 15.7 Å². The van der Waals surface area contributed by atoms with Gasteiger partial charge >= 0.3 is 0 Å². The van der Waals surface area contributed by atoms with Crippen molar-refractivity contribution in [3.8, 4) is 0 Å². The van der Waals surface area contributed by atoms with Gasteiger partial charge in [0.2, 0.25) is 5.95 Å². The van der Waals surface area contributed by atoms with Crippen molar-refractivity contribution < 1.29 is 5.11 Å². The van der Waals surface area contributed by atoms with Gasteiger partial charge in [-0.25, -0.2) is 4.98 Å². The lowest BCUT2D eigenvalue weighted by molar-refractivity contribution is 0.208. The van der Waals surface area contributed by atoms with Gasteiger partial charge in [0.15, 0.2) is 0 Å². The first-order chi connectivity index (χ1) is 7.63. The Labute approximate surface area is 96.3 Å². The molecule has 0 fully saturated rings. The lowest BCUT2D eigenvalue weighted by Gasteiger charge is -2.11. The van der Waals surface area contributed by atoms with E-state index in [0.29, 0.717) is 12.5 Å². The molecule has 1 rings (SSSR count). The first-order valence-corrected chi connectivity index (χ1v) is 5.63. The molecule has 0 radical (unpaired) electrons. The smallest absolute Gasteiger partial charge is 0.224 e. The highest BCUT2D eigenvalue weighted by atomic mass is 16.3. The molecule has 16 heavy (non-hydrogen) atoms. The predicted octanol–water partition coefficient (Wildman–Crippen LogP) is 1.40. The third kappa shape index (κ3) is 4.02. The van der Waals surface area contributed by atoms with Crippen LogP contribution in [0.3, 0.4) is 0 Å². The predicted molar refractivity (Wildman–Crippen MR) is 65.7 cm³/mol. The molecule has 0 amide bonds. The van der Waals surface area contributed by atoms with E-state index in [1.54, 1.807) is 13.1 Å². The van der Waals surface area contributed by atoms with Crippen molar-refractivity contribution in [2.75, 3.05) is 23.7 Å². The number of aliphatic hydroxyl groups is 1. The zero-order valence-corrected chi connectivity index (χ0v) is 10.1. The van der Waals surface area contributed by atoms with E-state index in [1.807, 2.05) is 6.92 Å². The average molecular weight is 224 g/mol. The number of aromatic nitrogens is 2. The van der Waals surface area contributed by atoms with Crippen LogP contribution in [0.1, 0.15) is 25.8 Å². The standard InChI is InChI=1S/C11H20N4O/c1-4-5-12-11-14-6-8(2)10(15-11)13-7-9(3)16/h6,9,16H,4-5,7H2,1-3H3,(H2,12,13,14,15). The number of hydrogen-bond acceptors (Lipinski definition) is 5. The van der Waals surface area contributed by atoms with Gasteiger partial charge in [-0.05, 0) is 20.3 Å². The average Bonchev–Trinajstić information content (AvgIpc) is 2.26. The summed E-state index contributed by atoms with van der Waals surface area (Å²) >= 11 is 0. The summed E-state index contributed by atoms with van der Waals surface area (Å²) in [4.78, 5) is 8.52. The Balaban J connectivity index is 2.66. The van der Waals surface area contributed by atoms with Crippen LogP contribution in [-0.2, 0) is 0 Å². The van der Waals surface area contributed by atoms with Crippen molar-refractivity contribution in [2.45, 2.75) is 33.3 Å². The molecule has 1 aromatic heterocycles. The van der Waals surface area contributed by atoms with Gasteiger partial charge in [-0.3, -0.25) is 0 Å². The Morgan fingerprint density at radius 3 is 2.81 bits per heavy atom. The Morgan fingerprint density at radius 1 is 1.44 bits per heavy atom. The molecule has 5 nitrogen and oxygen atoms in total. The second-order valence-corrected chi connectivity index (χ2v) is 3.88. The molecule has 0 aliphatic heterocycles. The van der Waals surface area contributed by atoms with Crippen LogP contribution in [0.5, 0.6) is 0 Å². The molecule has 90 valence electrons. The molecule has 0 bridgehead atoms. The van der Waals surface area contributed by atoms with Crippen LogP contribution in [-0.4, -0.2) is 34.3 Å². The van der Waals surface area contributed by atoms with Crippen molar-refractivity contribution >= 4 is 11.8 Å². The van der Waals surface area contributed by atoms with E-state index in [0.717, 1.165) is 24.3 Å². The summed E-state index contributed by atoms with van der Waals surface area (Å²) in [5.74, 6) is 1.40. The van der Waals surface area contributed by atoms with E-state index < -0.39 is 0 Å². The fraction of sp³-hybridized carbons (Fsp3) is 0.636. The third-order valence-electron chi connectivity index (χ3n) is 2.07. The molecule has 1 heterocycles. The number of rotatable bonds is 6. The molecule has 0 saturated heterocycles. The molecule has 1 aromatic rings. The van der Waals surface area contributed by atoms with E-state index in [1.165, 1.54) is 0 Å². The topological polar surface area (TPSA) is 70.1 Å². The molecule has 0 aliphatic carbocycles. The number of aryl methyl sites for hydroxylation is 1. The molecular formula is C11H20N4O. The Kier molecular flexibility index (Phi) is 4.98. The van der Waals surface area contributed by atoms with Gasteiger partial charge in [0.25, 0.3) is 0 Å². The molecule has 5 heteroatoms. The maximum atomic E-state index is 9.19. The highest BCUT2D eigenvalue weighted by molar-refractivity contribution is 5.46. The molecule has 3 N–H and O–H groups in total. The largest absolute Gasteiger partial charge is 0.392 e. The summed E-state index contributed by atoms with van der Waals surface area (Å²) in [5, 5.41) is 15.4. The molecule has 0 spiro atoms. The van der Waals surface area contributed by atoms with E-state index >= 15 is 0 Å². The summed E-state index contributed by atoms with van der Waals surface area (Å²) < 4.78 is 0. The van der Waals surface area contributed by atoms with Crippen molar-refractivity contribution in [2.24, 2.45) is 0 Å². The number of nitrogens with zero attached hydrogens (tertiary/aromatic N) is 2. The second kappa shape index (κ2) is 6.27. The summed E-state index contributed by atoms with van der Waals surface area (Å²) in [6, 6.07) is 0. The molecule has 1 unspecified atom stereocenters. The fourth-order valence-electron chi connectivity index (χ4n) is 1.19. The minimum Gasteiger partial charge on any atom is -0.392 e. The van der Waals surface area contributed by atoms with Crippen molar-refractivity contribution in [1.82, 2.24) is 9.97 Å². The van der Waals surface area contributed by atoms with Crippen LogP contribution >= 0.6 is 0 Å². The van der Waals surface area contributed by atoms with E-state index in [-0.39, 0.29) is 6.10 Å². The van der Waals surface area contributed by atoms with Gasteiger partial charge in [0, 0.05) is 24.8 Å². The van der Waals surface area contributed by atoms with Gasteiger partial charge in [-0.15, -0.1) is 0 Å². The summed E-state index contributed by atoms with van der Waals surface area (Å²) in [5.41, 5.74) is 0.975. The summed E-state index contributed by atoms with van der Waals surface area (Å²) in [7, 11) is 0. The molecular weight excluding hydrogens is 204 g/mol. The Bertz CT molecular complexity index is 328. The van der Waals surface area contributed by atoms with Crippen molar-refractivity contribution in [3.63, 3.8) is 0 Å². The normalized spacial score (nSPS) is 12.2. The maximum absolute atomic E-state index is 9.19. The molecule has 0 aliphatic rings. The zero-order valence-electron chi connectivity index (χ0n) is 10.1. The van der Waals surface area contributed by atoms with Gasteiger partial charge in [-0.2, -0.15) is 4.98 Å². The van der Waals surface area contributed by atoms with Crippen LogP contribution < -0.4 is 10.6 Å². The van der Waals surface area contributed by atoms with E-state index in [9.17, 15) is 5.11 Å². The van der Waals surface area contributed by atoms with Crippen molar-refractivity contribution in [1.29, 1.82) is 0 Å². The second-order valence-electron chi connectivity index (χ2n) is 3.88. The van der Waals surface area contributed by atoms with E-state index in [2.05, 4.69) is 27.5 Å². The molecule has 0 aromatic carbocycles. The number of anilines is 2. The van der Waals surface area contributed by atoms with Crippen LogP contribution in [0.2, 0.25) is 0 Å². The minimum atomic E-state index is -0.388. The highest BCUT2D eigenvalue weighted by Crippen LogP contribution is 2.12. The SMILES string of the molecule is CCCNc1ncc(C)c(NCC(C)O)n1. The highest BCUT2D eigenvalue weighted by Gasteiger charge is 2.04.